The Morgan fingerprint density at radius 1 is 1.80 bits per heavy atom. The molecule has 0 aromatic carbocycles. The normalized spacial score (nSPS) is 22.5. The zero-order valence-electron chi connectivity index (χ0n) is 8.18. The number of carboxylic acid groups (broad SMARTS) is 1. The van der Waals surface area contributed by atoms with Gasteiger partial charge in [0.2, 0.25) is 5.91 Å². The number of hydrogen-bond acceptors (Lipinski definition) is 3. The Bertz CT molecular complexity index is 318. The Kier molecular flexibility index (Phi) is 3.73. The van der Waals surface area contributed by atoms with Gasteiger partial charge in [-0.15, -0.1) is 0 Å². The van der Waals surface area contributed by atoms with Crippen LogP contribution in [0.5, 0.6) is 0 Å². The summed E-state index contributed by atoms with van der Waals surface area (Å²) in [5.41, 5.74) is -0.277. The molecule has 0 fully saturated rings. The van der Waals surface area contributed by atoms with Crippen LogP contribution in [0.4, 0.5) is 4.39 Å². The van der Waals surface area contributed by atoms with E-state index >= 15 is 0 Å². The number of rotatable bonds is 3. The van der Waals surface area contributed by atoms with E-state index in [1.54, 1.807) is 6.92 Å². The molecule has 1 aliphatic heterocycles. The highest BCUT2D eigenvalue weighted by Crippen LogP contribution is 2.20. The van der Waals surface area contributed by atoms with Crippen LogP contribution < -0.4 is 0 Å². The fraction of sp³-hybridized carbons (Fsp3) is 0.556. The summed E-state index contributed by atoms with van der Waals surface area (Å²) in [7, 11) is 0. The molecule has 2 atom stereocenters. The Hall–Kier alpha value is -1.04. The molecule has 0 saturated heterocycles. The van der Waals surface area contributed by atoms with Gasteiger partial charge in [0.1, 0.15) is 11.9 Å². The average molecular weight is 233 g/mol. The lowest BCUT2D eigenvalue weighted by Gasteiger charge is -2.20. The molecule has 4 nitrogen and oxygen atoms in total. The lowest BCUT2D eigenvalue weighted by Crippen LogP contribution is -2.36. The fourth-order valence-corrected chi connectivity index (χ4v) is 1.48. The Labute approximate surface area is 92.2 Å². The van der Waals surface area contributed by atoms with Crippen molar-refractivity contribution in [1.82, 2.24) is 4.90 Å². The molecule has 0 bridgehead atoms. The van der Waals surface area contributed by atoms with Crippen molar-refractivity contribution in [2.45, 2.75) is 13.1 Å². The van der Waals surface area contributed by atoms with E-state index in [-0.39, 0.29) is 12.2 Å². The molecule has 2 unspecified atom stereocenters. The molecule has 1 N–H and O–H groups in total. The molecule has 1 rings (SSSR count). The van der Waals surface area contributed by atoms with Crippen molar-refractivity contribution < 1.29 is 19.1 Å². The van der Waals surface area contributed by atoms with Gasteiger partial charge in [0.25, 0.3) is 0 Å². The predicted molar refractivity (Wildman–Crippen MR) is 55.3 cm³/mol. The van der Waals surface area contributed by atoms with Gasteiger partial charge >= 0.3 is 5.97 Å². The highest BCUT2D eigenvalue weighted by molar-refractivity contribution is 7.80. The first-order valence-electron chi connectivity index (χ1n) is 4.48. The second-order valence-corrected chi connectivity index (χ2v) is 3.77. The minimum absolute atomic E-state index is 0.210. The van der Waals surface area contributed by atoms with Crippen molar-refractivity contribution >= 4 is 24.5 Å². The van der Waals surface area contributed by atoms with Crippen molar-refractivity contribution in [3.05, 3.63) is 11.8 Å². The monoisotopic (exact) mass is 233 g/mol. The van der Waals surface area contributed by atoms with Gasteiger partial charge in [-0.25, -0.2) is 9.18 Å². The number of halogens is 1. The molecule has 84 valence electrons. The third-order valence-corrected chi connectivity index (χ3v) is 2.71. The van der Waals surface area contributed by atoms with E-state index in [4.69, 9.17) is 5.11 Å². The maximum absolute atomic E-state index is 13.0. The molecule has 1 heterocycles. The van der Waals surface area contributed by atoms with Gasteiger partial charge in [-0.2, -0.15) is 12.6 Å². The lowest BCUT2D eigenvalue weighted by atomic mass is 10.2. The largest absolute Gasteiger partial charge is 0.477 e. The van der Waals surface area contributed by atoms with Gasteiger partial charge in [0.05, 0.1) is 6.54 Å². The molecule has 15 heavy (non-hydrogen) atoms. The topological polar surface area (TPSA) is 57.6 Å². The maximum atomic E-state index is 13.0. The van der Waals surface area contributed by atoms with Crippen LogP contribution in [0.3, 0.4) is 0 Å². The van der Waals surface area contributed by atoms with E-state index in [9.17, 15) is 14.0 Å². The van der Waals surface area contributed by atoms with Crippen molar-refractivity contribution in [3.63, 3.8) is 0 Å². The molecule has 6 heteroatoms. The first-order chi connectivity index (χ1) is 6.97. The standard InChI is InChI=1S/C9H12FNO3S/c1-5(4-15)8(12)11-3-6(10)2-7(11)9(13)14/h2,5-6,15H,3-4H2,1H3,(H,13,14). The molecule has 0 spiro atoms. The molecule has 1 aliphatic rings. The third-order valence-electron chi connectivity index (χ3n) is 2.17. The molecule has 0 saturated carbocycles. The number of amides is 1. The SMILES string of the molecule is CC(CS)C(=O)N1CC(F)C=C1C(=O)O. The summed E-state index contributed by atoms with van der Waals surface area (Å²) in [6.45, 7) is 1.42. The van der Waals surface area contributed by atoms with Crippen LogP contribution in [0.1, 0.15) is 6.92 Å². The van der Waals surface area contributed by atoms with Crippen LogP contribution >= 0.6 is 12.6 Å². The highest BCUT2D eigenvalue weighted by atomic mass is 32.1. The summed E-state index contributed by atoms with van der Waals surface area (Å²) in [6.07, 6.45) is -0.446. The Morgan fingerprint density at radius 3 is 2.87 bits per heavy atom. The summed E-state index contributed by atoms with van der Waals surface area (Å²) in [5.74, 6) is -1.80. The van der Waals surface area contributed by atoms with E-state index in [1.165, 1.54) is 0 Å². The summed E-state index contributed by atoms with van der Waals surface area (Å²) >= 11 is 3.94. The Morgan fingerprint density at radius 2 is 2.40 bits per heavy atom. The van der Waals surface area contributed by atoms with Crippen LogP contribution in [-0.4, -0.2) is 40.4 Å². The minimum atomic E-state index is -1.40. The van der Waals surface area contributed by atoms with Crippen molar-refractivity contribution in [2.75, 3.05) is 12.3 Å². The number of alkyl halides is 1. The first-order valence-corrected chi connectivity index (χ1v) is 5.12. The van der Waals surface area contributed by atoms with Crippen LogP contribution in [0.2, 0.25) is 0 Å². The average Bonchev–Trinajstić information content (AvgIpc) is 2.58. The fourth-order valence-electron chi connectivity index (χ4n) is 1.33. The van der Waals surface area contributed by atoms with E-state index in [0.29, 0.717) is 5.75 Å². The molecular formula is C9H12FNO3S. The van der Waals surface area contributed by atoms with E-state index in [1.807, 2.05) is 0 Å². The first kappa shape index (κ1) is 12.0. The summed E-state index contributed by atoms with van der Waals surface area (Å²) in [5, 5.41) is 8.76. The number of thiol groups is 1. The van der Waals surface area contributed by atoms with Crippen molar-refractivity contribution in [2.24, 2.45) is 5.92 Å². The second-order valence-electron chi connectivity index (χ2n) is 3.41. The van der Waals surface area contributed by atoms with Crippen molar-refractivity contribution in [1.29, 1.82) is 0 Å². The summed E-state index contributed by atoms with van der Waals surface area (Å²) < 4.78 is 13.0. The number of carboxylic acids is 1. The van der Waals surface area contributed by atoms with Crippen molar-refractivity contribution in [3.8, 4) is 0 Å². The minimum Gasteiger partial charge on any atom is -0.477 e. The zero-order chi connectivity index (χ0) is 11.6. The molecule has 0 radical (unpaired) electrons. The Balaban J connectivity index is 2.83. The number of hydrogen-bond donors (Lipinski definition) is 2. The number of carbonyl (C=O) groups excluding carboxylic acids is 1. The van der Waals surface area contributed by atoms with Crippen LogP contribution in [0.25, 0.3) is 0 Å². The van der Waals surface area contributed by atoms with E-state index in [2.05, 4.69) is 12.6 Å². The predicted octanol–water partition coefficient (Wildman–Crippen LogP) is 0.701. The molecule has 1 amide bonds. The maximum Gasteiger partial charge on any atom is 0.352 e. The van der Waals surface area contributed by atoms with Crippen LogP contribution in [0, 0.1) is 5.92 Å². The van der Waals surface area contributed by atoms with Gasteiger partial charge < -0.3 is 10.0 Å². The van der Waals surface area contributed by atoms with E-state index < -0.39 is 24.0 Å². The summed E-state index contributed by atoms with van der Waals surface area (Å²) in [6, 6.07) is 0. The van der Waals surface area contributed by atoms with Gasteiger partial charge in [-0.3, -0.25) is 4.79 Å². The third kappa shape index (κ3) is 2.50. The molecular weight excluding hydrogens is 221 g/mol. The lowest BCUT2D eigenvalue weighted by molar-refractivity contribution is -0.140. The smallest absolute Gasteiger partial charge is 0.352 e. The van der Waals surface area contributed by atoms with Crippen LogP contribution in [-0.2, 0) is 9.59 Å². The zero-order valence-corrected chi connectivity index (χ0v) is 9.08. The number of nitrogens with zero attached hydrogens (tertiary/aromatic N) is 1. The molecule has 0 aliphatic carbocycles. The molecule has 0 aromatic rings. The number of aliphatic carboxylic acids is 1. The van der Waals surface area contributed by atoms with Gasteiger partial charge in [-0.05, 0) is 6.08 Å². The van der Waals surface area contributed by atoms with Crippen LogP contribution in [0.15, 0.2) is 11.8 Å². The quantitative estimate of drug-likeness (QED) is 0.705. The number of carbonyl (C=O) groups is 2. The van der Waals surface area contributed by atoms with E-state index in [0.717, 1.165) is 11.0 Å². The highest BCUT2D eigenvalue weighted by Gasteiger charge is 2.33. The van der Waals surface area contributed by atoms with Gasteiger partial charge in [-0.1, -0.05) is 6.92 Å². The van der Waals surface area contributed by atoms with Gasteiger partial charge in [0, 0.05) is 11.7 Å². The van der Waals surface area contributed by atoms with Gasteiger partial charge in [0.15, 0.2) is 0 Å². The summed E-state index contributed by atoms with van der Waals surface area (Å²) in [4.78, 5) is 23.3. The molecule has 0 aromatic heterocycles. The second kappa shape index (κ2) is 4.65.